The molecule has 0 radical (unpaired) electrons. The van der Waals surface area contributed by atoms with Crippen molar-refractivity contribution in [1.29, 1.82) is 0 Å². The Labute approximate surface area is 126 Å². The number of aromatic nitrogens is 2. The van der Waals surface area contributed by atoms with Gasteiger partial charge in [0, 0.05) is 31.9 Å². The lowest BCUT2D eigenvalue weighted by atomic mass is 9.93. The van der Waals surface area contributed by atoms with Crippen molar-refractivity contribution in [2.75, 3.05) is 19.6 Å². The summed E-state index contributed by atoms with van der Waals surface area (Å²) in [4.78, 5) is 0.312. The summed E-state index contributed by atoms with van der Waals surface area (Å²) >= 11 is 0. The Morgan fingerprint density at radius 3 is 2.81 bits per heavy atom. The van der Waals surface area contributed by atoms with Crippen molar-refractivity contribution in [2.24, 2.45) is 5.41 Å². The van der Waals surface area contributed by atoms with E-state index < -0.39 is 10.0 Å². The van der Waals surface area contributed by atoms with Crippen molar-refractivity contribution in [3.63, 3.8) is 0 Å². The molecule has 1 N–H and O–H groups in total. The van der Waals surface area contributed by atoms with Gasteiger partial charge in [-0.1, -0.05) is 13.8 Å². The SMILES string of the molecule is CC1(C)CCN(S(=O)(=O)c2cnn(CCNC3CC3)c2)C1. The second kappa shape index (κ2) is 5.37. The molecule has 118 valence electrons. The first-order chi connectivity index (χ1) is 9.87. The molecule has 0 aromatic carbocycles. The molecule has 1 aliphatic heterocycles. The van der Waals surface area contributed by atoms with Crippen LogP contribution in [0.1, 0.15) is 33.1 Å². The lowest BCUT2D eigenvalue weighted by Crippen LogP contribution is -2.30. The molecule has 1 aliphatic carbocycles. The number of hydrogen-bond acceptors (Lipinski definition) is 4. The maximum Gasteiger partial charge on any atom is 0.246 e. The zero-order chi connectivity index (χ0) is 15.1. The summed E-state index contributed by atoms with van der Waals surface area (Å²) in [6, 6.07) is 0.663. The van der Waals surface area contributed by atoms with E-state index in [2.05, 4.69) is 24.3 Å². The van der Waals surface area contributed by atoms with E-state index >= 15 is 0 Å². The number of nitrogens with zero attached hydrogens (tertiary/aromatic N) is 3. The predicted molar refractivity (Wildman–Crippen MR) is 80.4 cm³/mol. The van der Waals surface area contributed by atoms with Crippen LogP contribution in [-0.4, -0.2) is 48.2 Å². The van der Waals surface area contributed by atoms with E-state index in [-0.39, 0.29) is 5.41 Å². The van der Waals surface area contributed by atoms with Gasteiger partial charge in [0.1, 0.15) is 4.90 Å². The molecular formula is C14H24N4O2S. The van der Waals surface area contributed by atoms with Crippen molar-refractivity contribution in [2.45, 2.75) is 50.6 Å². The first kappa shape index (κ1) is 15.0. The fourth-order valence-corrected chi connectivity index (χ4v) is 4.27. The van der Waals surface area contributed by atoms with E-state index in [0.29, 0.717) is 30.6 Å². The van der Waals surface area contributed by atoms with Gasteiger partial charge >= 0.3 is 0 Å². The first-order valence-electron chi connectivity index (χ1n) is 7.63. The minimum atomic E-state index is -3.39. The van der Waals surface area contributed by atoms with Crippen LogP contribution in [0, 0.1) is 5.41 Å². The molecule has 7 heteroatoms. The smallest absolute Gasteiger partial charge is 0.246 e. The van der Waals surface area contributed by atoms with Gasteiger partial charge in [0.25, 0.3) is 0 Å². The van der Waals surface area contributed by atoms with Gasteiger partial charge < -0.3 is 5.32 Å². The molecule has 1 aromatic heterocycles. The molecule has 1 saturated carbocycles. The number of rotatable bonds is 6. The van der Waals surface area contributed by atoms with Crippen molar-refractivity contribution >= 4 is 10.0 Å². The van der Waals surface area contributed by atoms with E-state index in [4.69, 9.17) is 0 Å². The van der Waals surface area contributed by atoms with Crippen molar-refractivity contribution in [1.82, 2.24) is 19.4 Å². The van der Waals surface area contributed by atoms with E-state index in [1.54, 1.807) is 15.2 Å². The molecule has 3 rings (SSSR count). The lowest BCUT2D eigenvalue weighted by molar-refractivity contribution is 0.375. The maximum atomic E-state index is 12.6. The van der Waals surface area contributed by atoms with Gasteiger partial charge in [-0.05, 0) is 24.7 Å². The second-order valence-electron chi connectivity index (χ2n) is 6.92. The summed E-state index contributed by atoms with van der Waals surface area (Å²) in [6.07, 6.45) is 6.53. The minimum absolute atomic E-state index is 0.0667. The van der Waals surface area contributed by atoms with Crippen LogP contribution in [0.4, 0.5) is 0 Å². The van der Waals surface area contributed by atoms with Gasteiger partial charge in [-0.3, -0.25) is 4.68 Å². The van der Waals surface area contributed by atoms with Crippen LogP contribution in [0.3, 0.4) is 0 Å². The maximum absolute atomic E-state index is 12.6. The molecule has 2 fully saturated rings. The van der Waals surface area contributed by atoms with E-state index in [9.17, 15) is 8.42 Å². The van der Waals surface area contributed by atoms with Gasteiger partial charge in [0.15, 0.2) is 0 Å². The molecule has 6 nitrogen and oxygen atoms in total. The Bertz CT molecular complexity index is 604. The second-order valence-corrected chi connectivity index (χ2v) is 8.86. The normalized spacial score (nSPS) is 22.8. The van der Waals surface area contributed by atoms with Crippen LogP contribution in [0.5, 0.6) is 0 Å². The molecule has 2 heterocycles. The summed E-state index contributed by atoms with van der Waals surface area (Å²) < 4.78 is 28.5. The highest BCUT2D eigenvalue weighted by atomic mass is 32.2. The Morgan fingerprint density at radius 2 is 2.19 bits per heavy atom. The molecule has 21 heavy (non-hydrogen) atoms. The number of hydrogen-bond donors (Lipinski definition) is 1. The van der Waals surface area contributed by atoms with E-state index in [0.717, 1.165) is 13.0 Å². The third-order valence-corrected chi connectivity index (χ3v) is 6.04. The quantitative estimate of drug-likeness (QED) is 0.853. The molecule has 0 atom stereocenters. The summed E-state index contributed by atoms with van der Waals surface area (Å²) in [5, 5.41) is 7.58. The topological polar surface area (TPSA) is 67.2 Å². The van der Waals surface area contributed by atoms with Gasteiger partial charge in [0.05, 0.1) is 12.7 Å². The van der Waals surface area contributed by atoms with Crippen LogP contribution >= 0.6 is 0 Å². The largest absolute Gasteiger partial charge is 0.312 e. The van der Waals surface area contributed by atoms with Crippen molar-refractivity contribution < 1.29 is 8.42 Å². The van der Waals surface area contributed by atoms with Gasteiger partial charge in [-0.25, -0.2) is 8.42 Å². The molecule has 0 amide bonds. The third-order valence-electron chi connectivity index (χ3n) is 4.24. The van der Waals surface area contributed by atoms with Crippen molar-refractivity contribution in [3.8, 4) is 0 Å². The van der Waals surface area contributed by atoms with Gasteiger partial charge in [-0.2, -0.15) is 9.40 Å². The average Bonchev–Trinajstić information content (AvgIpc) is 2.95. The van der Waals surface area contributed by atoms with Gasteiger partial charge in [-0.15, -0.1) is 0 Å². The lowest BCUT2D eigenvalue weighted by Gasteiger charge is -2.18. The summed E-state index contributed by atoms with van der Waals surface area (Å²) in [5.41, 5.74) is 0.0667. The Hall–Kier alpha value is -0.920. The molecule has 2 aliphatic rings. The number of nitrogens with one attached hydrogen (secondary N) is 1. The summed E-state index contributed by atoms with van der Waals surface area (Å²) in [5.74, 6) is 0. The van der Waals surface area contributed by atoms with Crippen LogP contribution < -0.4 is 5.32 Å². The van der Waals surface area contributed by atoms with Crippen LogP contribution in [0.2, 0.25) is 0 Å². The molecular weight excluding hydrogens is 288 g/mol. The zero-order valence-electron chi connectivity index (χ0n) is 12.7. The Morgan fingerprint density at radius 1 is 1.43 bits per heavy atom. The number of sulfonamides is 1. The molecule has 1 aromatic rings. The summed E-state index contributed by atoms with van der Waals surface area (Å²) in [7, 11) is -3.39. The van der Waals surface area contributed by atoms with Crippen LogP contribution in [0.15, 0.2) is 17.3 Å². The van der Waals surface area contributed by atoms with Crippen molar-refractivity contribution in [3.05, 3.63) is 12.4 Å². The monoisotopic (exact) mass is 312 g/mol. The standard InChI is InChI=1S/C14H24N4O2S/c1-14(2)5-7-18(11-14)21(19,20)13-9-16-17(10-13)8-6-15-12-3-4-12/h9-10,12,15H,3-8,11H2,1-2H3. The highest BCUT2D eigenvalue weighted by Gasteiger charge is 2.37. The molecule has 0 bridgehead atoms. The zero-order valence-corrected chi connectivity index (χ0v) is 13.6. The predicted octanol–water partition coefficient (Wildman–Crippen LogP) is 1.06. The fourth-order valence-electron chi connectivity index (χ4n) is 2.69. The first-order valence-corrected chi connectivity index (χ1v) is 9.07. The molecule has 0 unspecified atom stereocenters. The fraction of sp³-hybridized carbons (Fsp3) is 0.786. The van der Waals surface area contributed by atoms with E-state index in [1.807, 2.05) is 0 Å². The Kier molecular flexibility index (Phi) is 3.83. The molecule has 1 saturated heterocycles. The highest BCUT2D eigenvalue weighted by Crippen LogP contribution is 2.32. The molecule has 0 spiro atoms. The Balaban J connectivity index is 1.63. The minimum Gasteiger partial charge on any atom is -0.312 e. The highest BCUT2D eigenvalue weighted by molar-refractivity contribution is 7.89. The van der Waals surface area contributed by atoms with E-state index in [1.165, 1.54) is 19.0 Å². The van der Waals surface area contributed by atoms with Crippen LogP contribution in [0.25, 0.3) is 0 Å². The van der Waals surface area contributed by atoms with Gasteiger partial charge in [0.2, 0.25) is 10.0 Å². The summed E-state index contributed by atoms with van der Waals surface area (Å²) in [6.45, 7) is 6.94. The average molecular weight is 312 g/mol. The third kappa shape index (κ3) is 3.46. The van der Waals surface area contributed by atoms with Crippen LogP contribution in [-0.2, 0) is 16.6 Å².